The Balaban J connectivity index is 1.91. The Labute approximate surface area is 118 Å². The molecule has 2 rings (SSSR count). The first-order valence-corrected chi connectivity index (χ1v) is 7.58. The van der Waals surface area contributed by atoms with Gasteiger partial charge in [0.1, 0.15) is 10.7 Å². The van der Waals surface area contributed by atoms with Crippen LogP contribution < -0.4 is 5.32 Å². The molecule has 0 aliphatic rings. The second-order valence-electron chi connectivity index (χ2n) is 4.52. The molecule has 0 aliphatic carbocycles. The van der Waals surface area contributed by atoms with E-state index in [9.17, 15) is 0 Å². The van der Waals surface area contributed by atoms with Crippen LogP contribution in [-0.4, -0.2) is 28.3 Å². The minimum Gasteiger partial charge on any atom is -0.317 e. The number of pyridine rings is 1. The lowest BCUT2D eigenvalue weighted by molar-refractivity contribution is 0.637. The first-order chi connectivity index (χ1) is 9.31. The van der Waals surface area contributed by atoms with Gasteiger partial charge in [0.25, 0.3) is 0 Å². The van der Waals surface area contributed by atoms with E-state index >= 15 is 0 Å². The fraction of sp³-hybridized carbons (Fsp3) is 0.500. The van der Waals surface area contributed by atoms with Crippen LogP contribution in [0.15, 0.2) is 18.3 Å². The molecule has 102 valence electrons. The average molecular weight is 276 g/mol. The van der Waals surface area contributed by atoms with E-state index in [2.05, 4.69) is 40.4 Å². The van der Waals surface area contributed by atoms with Crippen LogP contribution in [0.2, 0.25) is 0 Å². The van der Waals surface area contributed by atoms with Gasteiger partial charge in [-0.25, -0.2) is 0 Å². The summed E-state index contributed by atoms with van der Waals surface area (Å²) in [6.45, 7) is 6.37. The van der Waals surface area contributed by atoms with E-state index in [0.717, 1.165) is 47.2 Å². The van der Waals surface area contributed by atoms with E-state index in [1.807, 2.05) is 6.07 Å². The number of nitrogens with zero attached hydrogens (tertiary/aromatic N) is 3. The van der Waals surface area contributed by atoms with Crippen LogP contribution in [0.5, 0.6) is 0 Å². The molecule has 0 spiro atoms. The van der Waals surface area contributed by atoms with Gasteiger partial charge in [0.2, 0.25) is 0 Å². The van der Waals surface area contributed by atoms with Gasteiger partial charge in [-0.05, 0) is 44.5 Å². The van der Waals surface area contributed by atoms with Gasteiger partial charge < -0.3 is 5.32 Å². The monoisotopic (exact) mass is 276 g/mol. The summed E-state index contributed by atoms with van der Waals surface area (Å²) in [7, 11) is 0. The standard InChI is InChI=1S/C14H20N4S/c1-3-8-15-9-5-7-12-17-18-14(19-12)13-11(2)6-4-10-16-13/h4,6,10,15H,3,5,7-9H2,1-2H3. The van der Waals surface area contributed by atoms with Crippen molar-refractivity contribution < 1.29 is 0 Å². The summed E-state index contributed by atoms with van der Waals surface area (Å²) in [5, 5.41) is 13.9. The van der Waals surface area contributed by atoms with Crippen molar-refractivity contribution in [3.05, 3.63) is 28.9 Å². The van der Waals surface area contributed by atoms with Crippen molar-refractivity contribution in [1.82, 2.24) is 20.5 Å². The largest absolute Gasteiger partial charge is 0.317 e. The van der Waals surface area contributed by atoms with Crippen molar-refractivity contribution in [3.63, 3.8) is 0 Å². The van der Waals surface area contributed by atoms with Gasteiger partial charge in [-0.15, -0.1) is 10.2 Å². The highest BCUT2D eigenvalue weighted by atomic mass is 32.1. The Kier molecular flexibility index (Phi) is 5.42. The smallest absolute Gasteiger partial charge is 0.166 e. The lowest BCUT2D eigenvalue weighted by Crippen LogP contribution is -2.16. The van der Waals surface area contributed by atoms with Crippen LogP contribution in [0, 0.1) is 6.92 Å². The lowest BCUT2D eigenvalue weighted by atomic mass is 10.2. The topological polar surface area (TPSA) is 50.7 Å². The van der Waals surface area contributed by atoms with Crippen LogP contribution in [0.1, 0.15) is 30.3 Å². The number of rotatable bonds is 7. The molecule has 1 N–H and O–H groups in total. The summed E-state index contributed by atoms with van der Waals surface area (Å²) in [6.07, 6.45) is 5.08. The highest BCUT2D eigenvalue weighted by molar-refractivity contribution is 7.14. The molecule has 0 unspecified atom stereocenters. The summed E-state index contributed by atoms with van der Waals surface area (Å²) < 4.78 is 0. The molecular formula is C14H20N4S. The Morgan fingerprint density at radius 3 is 2.95 bits per heavy atom. The maximum Gasteiger partial charge on any atom is 0.166 e. The highest BCUT2D eigenvalue weighted by Gasteiger charge is 2.09. The predicted molar refractivity (Wildman–Crippen MR) is 79.4 cm³/mol. The minimum atomic E-state index is 0.926. The number of aryl methyl sites for hydroxylation is 2. The highest BCUT2D eigenvalue weighted by Crippen LogP contribution is 2.24. The van der Waals surface area contributed by atoms with Gasteiger partial charge in [0.15, 0.2) is 5.01 Å². The first-order valence-electron chi connectivity index (χ1n) is 6.76. The van der Waals surface area contributed by atoms with Crippen molar-refractivity contribution in [2.45, 2.75) is 33.1 Å². The second kappa shape index (κ2) is 7.31. The summed E-state index contributed by atoms with van der Waals surface area (Å²) in [4.78, 5) is 4.38. The van der Waals surface area contributed by atoms with Crippen LogP contribution >= 0.6 is 11.3 Å². The summed E-state index contributed by atoms with van der Waals surface area (Å²) in [6, 6.07) is 4.00. The van der Waals surface area contributed by atoms with Crippen molar-refractivity contribution in [2.75, 3.05) is 13.1 Å². The van der Waals surface area contributed by atoms with Crippen molar-refractivity contribution in [3.8, 4) is 10.7 Å². The summed E-state index contributed by atoms with van der Waals surface area (Å²) in [5.41, 5.74) is 2.10. The van der Waals surface area contributed by atoms with Gasteiger partial charge in [-0.1, -0.05) is 24.3 Å². The zero-order chi connectivity index (χ0) is 13.5. The number of nitrogens with one attached hydrogen (secondary N) is 1. The zero-order valence-electron chi connectivity index (χ0n) is 11.5. The van der Waals surface area contributed by atoms with E-state index < -0.39 is 0 Å². The van der Waals surface area contributed by atoms with E-state index in [1.54, 1.807) is 17.5 Å². The molecule has 0 bridgehead atoms. The molecular weight excluding hydrogens is 256 g/mol. The van der Waals surface area contributed by atoms with Crippen LogP contribution in [-0.2, 0) is 6.42 Å². The summed E-state index contributed by atoms with van der Waals surface area (Å²) >= 11 is 1.65. The molecule has 0 aromatic carbocycles. The Hall–Kier alpha value is -1.33. The minimum absolute atomic E-state index is 0.926. The van der Waals surface area contributed by atoms with E-state index in [0.29, 0.717) is 0 Å². The van der Waals surface area contributed by atoms with Crippen molar-refractivity contribution in [1.29, 1.82) is 0 Å². The molecule has 0 amide bonds. The molecule has 2 heterocycles. The molecule has 19 heavy (non-hydrogen) atoms. The molecule has 5 heteroatoms. The Morgan fingerprint density at radius 1 is 1.26 bits per heavy atom. The van der Waals surface area contributed by atoms with Gasteiger partial charge in [-0.2, -0.15) is 0 Å². The molecule has 0 fully saturated rings. The van der Waals surface area contributed by atoms with Crippen molar-refractivity contribution in [2.24, 2.45) is 0 Å². The fourth-order valence-corrected chi connectivity index (χ4v) is 2.77. The average Bonchev–Trinajstić information content (AvgIpc) is 2.88. The van der Waals surface area contributed by atoms with E-state index in [4.69, 9.17) is 0 Å². The van der Waals surface area contributed by atoms with Crippen molar-refractivity contribution >= 4 is 11.3 Å². The number of hydrogen-bond acceptors (Lipinski definition) is 5. The van der Waals surface area contributed by atoms with Crippen LogP contribution in [0.3, 0.4) is 0 Å². The maximum absolute atomic E-state index is 4.38. The van der Waals surface area contributed by atoms with Crippen LogP contribution in [0.25, 0.3) is 10.7 Å². The van der Waals surface area contributed by atoms with E-state index in [1.165, 1.54) is 6.42 Å². The third-order valence-corrected chi connectivity index (χ3v) is 3.84. The van der Waals surface area contributed by atoms with Crippen LogP contribution in [0.4, 0.5) is 0 Å². The predicted octanol–water partition coefficient (Wildman–Crippen LogP) is 2.84. The molecule has 0 radical (unpaired) electrons. The third-order valence-electron chi connectivity index (χ3n) is 2.85. The molecule has 0 atom stereocenters. The second-order valence-corrected chi connectivity index (χ2v) is 5.59. The normalized spacial score (nSPS) is 10.8. The first kappa shape index (κ1) is 14.1. The summed E-state index contributed by atoms with van der Waals surface area (Å²) in [5.74, 6) is 0. The lowest BCUT2D eigenvalue weighted by Gasteiger charge is -2.00. The maximum atomic E-state index is 4.38. The number of hydrogen-bond donors (Lipinski definition) is 1. The molecule has 4 nitrogen and oxygen atoms in total. The molecule has 0 saturated carbocycles. The van der Waals surface area contributed by atoms with Gasteiger partial charge in [0, 0.05) is 12.6 Å². The fourth-order valence-electron chi connectivity index (χ4n) is 1.83. The SMILES string of the molecule is CCCNCCCc1nnc(-c2ncccc2C)s1. The van der Waals surface area contributed by atoms with Gasteiger partial charge in [-0.3, -0.25) is 4.98 Å². The third kappa shape index (κ3) is 4.08. The molecule has 0 saturated heterocycles. The quantitative estimate of drug-likeness (QED) is 0.790. The zero-order valence-corrected chi connectivity index (χ0v) is 12.3. The molecule has 2 aromatic heterocycles. The Morgan fingerprint density at radius 2 is 2.16 bits per heavy atom. The number of aromatic nitrogens is 3. The molecule has 0 aliphatic heterocycles. The van der Waals surface area contributed by atoms with E-state index in [-0.39, 0.29) is 0 Å². The Bertz CT molecular complexity index is 510. The van der Waals surface area contributed by atoms with Gasteiger partial charge >= 0.3 is 0 Å². The van der Waals surface area contributed by atoms with Gasteiger partial charge in [0.05, 0.1) is 0 Å². The molecule has 2 aromatic rings.